The summed E-state index contributed by atoms with van der Waals surface area (Å²) < 4.78 is 5.62. The van der Waals surface area contributed by atoms with Gasteiger partial charge in [-0.3, -0.25) is 14.6 Å². The molecular weight excluding hydrogens is 719 g/mol. The van der Waals surface area contributed by atoms with Gasteiger partial charge in [0, 0.05) is 57.1 Å². The highest BCUT2D eigenvalue weighted by Crippen LogP contribution is 2.42. The highest BCUT2D eigenvalue weighted by Gasteiger charge is 2.44. The molecule has 3 aromatic rings. The van der Waals surface area contributed by atoms with Crippen molar-refractivity contribution in [3.63, 3.8) is 0 Å². The van der Waals surface area contributed by atoms with Gasteiger partial charge >= 0.3 is 12.0 Å². The van der Waals surface area contributed by atoms with Crippen LogP contribution in [0.2, 0.25) is 10.0 Å². The van der Waals surface area contributed by atoms with E-state index in [9.17, 15) is 19.5 Å². The summed E-state index contributed by atoms with van der Waals surface area (Å²) in [6.07, 6.45) is 8.43. The Labute approximate surface area is 318 Å². The molecule has 4 aliphatic rings. The molecule has 2 N–H and O–H groups in total. The molecule has 0 bridgehead atoms. The standard InChI is InChI=1S/C38H42Cl2N8O5/c1-53-33-7-4-25(32-22-42-45-44-32)19-29(33)34(49)48-18-10-37(24-48,27-5-6-30(39)31(40)20-27)9-15-46-16-11-38(12-17-46,28-3-2-13-41-21-28)43-36(52)47-14-8-26(23-47)35(50)51/h2-7,13,19-22,26,32H,8-12,14-18,23-24H2,1H3,(H,43,52)(H,50,51). The first-order valence-corrected chi connectivity index (χ1v) is 18.6. The zero-order valence-corrected chi connectivity index (χ0v) is 31.0. The van der Waals surface area contributed by atoms with Crippen molar-refractivity contribution in [3.8, 4) is 5.75 Å². The fourth-order valence-corrected chi connectivity index (χ4v) is 8.45. The van der Waals surface area contributed by atoms with E-state index in [2.05, 4.69) is 30.6 Å². The van der Waals surface area contributed by atoms with E-state index in [1.807, 2.05) is 47.4 Å². The van der Waals surface area contributed by atoms with Crippen molar-refractivity contribution in [1.82, 2.24) is 25.0 Å². The van der Waals surface area contributed by atoms with Crippen molar-refractivity contribution in [2.24, 2.45) is 21.4 Å². The number of benzene rings is 2. The molecule has 5 heterocycles. The van der Waals surface area contributed by atoms with Crippen LogP contribution < -0.4 is 10.1 Å². The number of urea groups is 1. The Morgan fingerprint density at radius 1 is 0.981 bits per heavy atom. The fourth-order valence-electron chi connectivity index (χ4n) is 8.16. The second-order valence-corrected chi connectivity index (χ2v) is 15.2. The van der Waals surface area contributed by atoms with Gasteiger partial charge < -0.3 is 29.9 Å². The van der Waals surface area contributed by atoms with E-state index in [4.69, 9.17) is 27.9 Å². The SMILES string of the molecule is COc1ccc(C2C=NN=N2)cc1C(=O)N1CCC(CCN2CCC(NC(=O)N3CCC(C(=O)O)C3)(c3cccnc3)CC2)(c2ccc(Cl)c(Cl)c2)C1. The number of carbonyl (C=O) groups excluding carboxylic acids is 2. The second kappa shape index (κ2) is 15.4. The largest absolute Gasteiger partial charge is 0.496 e. The molecule has 3 amide bonds. The molecule has 0 spiro atoms. The number of carboxylic acid groups (broad SMARTS) is 1. The van der Waals surface area contributed by atoms with E-state index in [0.29, 0.717) is 60.3 Å². The molecule has 2 aromatic carbocycles. The molecule has 7 rings (SSSR count). The number of methoxy groups -OCH3 is 1. The van der Waals surface area contributed by atoms with Crippen LogP contribution in [-0.2, 0) is 15.7 Å². The average molecular weight is 762 g/mol. The van der Waals surface area contributed by atoms with Gasteiger partial charge in [0.15, 0.2) is 0 Å². The number of nitrogens with zero attached hydrogens (tertiary/aromatic N) is 7. The van der Waals surface area contributed by atoms with Gasteiger partial charge in [0.05, 0.1) is 40.4 Å². The van der Waals surface area contributed by atoms with Crippen LogP contribution in [0.15, 0.2) is 76.4 Å². The Kier molecular flexibility index (Phi) is 10.7. The smallest absolute Gasteiger partial charge is 0.318 e. The zero-order valence-electron chi connectivity index (χ0n) is 29.5. The lowest BCUT2D eigenvalue weighted by Crippen LogP contribution is -2.56. The normalized spacial score (nSPS) is 23.8. The minimum atomic E-state index is -0.874. The number of piperidine rings is 1. The Balaban J connectivity index is 1.08. The third-order valence-corrected chi connectivity index (χ3v) is 12.1. The van der Waals surface area contributed by atoms with Crippen molar-refractivity contribution in [3.05, 3.63) is 93.2 Å². The number of pyridine rings is 1. The van der Waals surface area contributed by atoms with Gasteiger partial charge in [-0.05, 0) is 90.9 Å². The van der Waals surface area contributed by atoms with Gasteiger partial charge in [-0.1, -0.05) is 41.4 Å². The maximum Gasteiger partial charge on any atom is 0.318 e. The van der Waals surface area contributed by atoms with Gasteiger partial charge in [0.1, 0.15) is 11.8 Å². The molecule has 0 radical (unpaired) electrons. The van der Waals surface area contributed by atoms with Crippen LogP contribution >= 0.6 is 23.2 Å². The summed E-state index contributed by atoms with van der Waals surface area (Å²) in [4.78, 5) is 49.6. The highest BCUT2D eigenvalue weighted by molar-refractivity contribution is 6.42. The highest BCUT2D eigenvalue weighted by atomic mass is 35.5. The third-order valence-electron chi connectivity index (χ3n) is 11.4. The molecule has 3 saturated heterocycles. The van der Waals surface area contributed by atoms with E-state index < -0.39 is 17.4 Å². The summed E-state index contributed by atoms with van der Waals surface area (Å²) in [5.41, 5.74) is 2.21. The number of hydrogen-bond donors (Lipinski definition) is 2. The summed E-state index contributed by atoms with van der Waals surface area (Å²) in [6.45, 7) is 3.85. The molecule has 13 nitrogen and oxygen atoms in total. The van der Waals surface area contributed by atoms with Crippen LogP contribution in [-0.4, -0.2) is 102 Å². The zero-order chi connectivity index (χ0) is 37.2. The van der Waals surface area contributed by atoms with Crippen LogP contribution in [0.1, 0.15) is 65.2 Å². The number of carbonyl (C=O) groups is 3. The molecule has 15 heteroatoms. The number of aliphatic carboxylic acids is 1. The van der Waals surface area contributed by atoms with Gasteiger partial charge in [-0.15, -0.1) is 5.10 Å². The number of likely N-dealkylation sites (tertiary alicyclic amines) is 3. The molecule has 4 aliphatic heterocycles. The minimum Gasteiger partial charge on any atom is -0.496 e. The van der Waals surface area contributed by atoms with E-state index in [1.165, 1.54) is 0 Å². The Bertz CT molecular complexity index is 1910. The van der Waals surface area contributed by atoms with Crippen LogP contribution in [0.25, 0.3) is 0 Å². The maximum atomic E-state index is 14.2. The summed E-state index contributed by atoms with van der Waals surface area (Å²) in [5, 5.41) is 25.5. The summed E-state index contributed by atoms with van der Waals surface area (Å²) >= 11 is 12.9. The fraction of sp³-hybridized carbons (Fsp3) is 0.447. The average Bonchev–Trinajstić information content (AvgIpc) is 3.98. The van der Waals surface area contributed by atoms with E-state index in [-0.39, 0.29) is 29.9 Å². The molecule has 3 fully saturated rings. The van der Waals surface area contributed by atoms with Crippen LogP contribution in [0, 0.1) is 5.92 Å². The first-order chi connectivity index (χ1) is 25.6. The number of aromatic nitrogens is 1. The predicted molar refractivity (Wildman–Crippen MR) is 200 cm³/mol. The third kappa shape index (κ3) is 7.60. The summed E-state index contributed by atoms with van der Waals surface area (Å²) in [7, 11) is 1.56. The molecule has 0 aliphatic carbocycles. The van der Waals surface area contributed by atoms with E-state index in [0.717, 1.165) is 49.2 Å². The first kappa shape index (κ1) is 36.8. The van der Waals surface area contributed by atoms with Gasteiger partial charge in [0.25, 0.3) is 5.91 Å². The Morgan fingerprint density at radius 3 is 2.49 bits per heavy atom. The molecule has 0 saturated carbocycles. The van der Waals surface area contributed by atoms with Crippen molar-refractivity contribution >= 4 is 47.3 Å². The minimum absolute atomic E-state index is 0.125. The molecule has 3 atom stereocenters. The molecule has 1 aromatic heterocycles. The van der Waals surface area contributed by atoms with Crippen LogP contribution in [0.4, 0.5) is 4.79 Å². The van der Waals surface area contributed by atoms with Gasteiger partial charge in [-0.25, -0.2) is 4.79 Å². The monoisotopic (exact) mass is 760 g/mol. The number of rotatable bonds is 10. The van der Waals surface area contributed by atoms with E-state index in [1.54, 1.807) is 36.7 Å². The summed E-state index contributed by atoms with van der Waals surface area (Å²) in [6, 6.07) is 14.5. The molecule has 53 heavy (non-hydrogen) atoms. The van der Waals surface area contributed by atoms with Crippen molar-refractivity contribution in [2.45, 2.75) is 49.1 Å². The Morgan fingerprint density at radius 2 is 1.81 bits per heavy atom. The van der Waals surface area contributed by atoms with Crippen LogP contribution in [0.5, 0.6) is 5.75 Å². The lowest BCUT2D eigenvalue weighted by molar-refractivity contribution is -0.141. The second-order valence-electron chi connectivity index (χ2n) is 14.4. The lowest BCUT2D eigenvalue weighted by atomic mass is 9.76. The van der Waals surface area contributed by atoms with Gasteiger partial charge in [0.2, 0.25) is 0 Å². The molecular formula is C38H42Cl2N8O5. The van der Waals surface area contributed by atoms with Crippen molar-refractivity contribution in [1.29, 1.82) is 0 Å². The summed E-state index contributed by atoms with van der Waals surface area (Å²) in [5.74, 6) is -1.06. The van der Waals surface area contributed by atoms with Crippen LogP contribution in [0.3, 0.4) is 0 Å². The number of amides is 3. The number of carboxylic acids is 1. The quantitative estimate of drug-likeness (QED) is 0.251. The number of nitrogens with one attached hydrogen (secondary N) is 1. The predicted octanol–water partition coefficient (Wildman–Crippen LogP) is 6.17. The van der Waals surface area contributed by atoms with Gasteiger partial charge in [-0.2, -0.15) is 5.11 Å². The maximum absolute atomic E-state index is 14.2. The molecule has 3 unspecified atom stereocenters. The number of hydrogen-bond acceptors (Lipinski definition) is 9. The number of ether oxygens (including phenoxy) is 1. The van der Waals surface area contributed by atoms with E-state index >= 15 is 0 Å². The van der Waals surface area contributed by atoms with Crippen molar-refractivity contribution in [2.75, 3.05) is 52.9 Å². The number of halogens is 2. The first-order valence-electron chi connectivity index (χ1n) is 17.9. The molecule has 278 valence electrons. The lowest BCUT2D eigenvalue weighted by Gasteiger charge is -2.44. The topological polar surface area (TPSA) is 152 Å². The van der Waals surface area contributed by atoms with Crippen molar-refractivity contribution < 1.29 is 24.2 Å². The Hall–Kier alpha value is -4.59.